The fourth-order valence-corrected chi connectivity index (χ4v) is 12.4. The van der Waals surface area contributed by atoms with E-state index in [0.717, 1.165) is 69.3 Å². The molecule has 0 radical (unpaired) electrons. The Morgan fingerprint density at radius 3 is 1.53 bits per heavy atom. The minimum atomic E-state index is -3.17. The Labute approximate surface area is 488 Å². The highest BCUT2D eigenvalue weighted by molar-refractivity contribution is 7.90. The lowest BCUT2D eigenvalue weighted by atomic mass is 9.78. The number of aryl methyl sites for hydroxylation is 1. The van der Waals surface area contributed by atoms with Crippen LogP contribution in [0.2, 0.25) is 5.02 Å². The van der Waals surface area contributed by atoms with Crippen LogP contribution in [0, 0.1) is 18.8 Å². The zero-order valence-corrected chi connectivity index (χ0v) is 53.7. The fraction of sp³-hybridized carbons (Fsp3) is 0.586. The predicted molar refractivity (Wildman–Crippen MR) is 341 cm³/mol. The van der Waals surface area contributed by atoms with Gasteiger partial charge in [-0.1, -0.05) is 162 Å². The third kappa shape index (κ3) is 23.5. The van der Waals surface area contributed by atoms with Crippen molar-refractivity contribution in [2.75, 3.05) is 45.6 Å². The summed E-state index contributed by atoms with van der Waals surface area (Å²) in [7, 11) is -3.17. The summed E-state index contributed by atoms with van der Waals surface area (Å²) in [4.78, 5) is 9.79. The molecule has 2 fully saturated rings. The van der Waals surface area contributed by atoms with Crippen molar-refractivity contribution in [1.29, 1.82) is 0 Å². The quantitative estimate of drug-likeness (QED) is 0.0716. The molecule has 2 aliphatic rings. The maximum absolute atomic E-state index is 11.8. The van der Waals surface area contributed by atoms with Gasteiger partial charge in [-0.05, 0) is 232 Å². The van der Waals surface area contributed by atoms with Gasteiger partial charge in [0, 0.05) is 48.4 Å². The lowest BCUT2D eigenvalue weighted by Gasteiger charge is -2.40. The number of aliphatic hydroxyl groups excluding tert-OH is 1. The Bertz CT molecular complexity index is 2580. The first kappa shape index (κ1) is 67.6. The maximum Gasteiger partial charge on any atom is 0.175 e. The number of sulfone groups is 1. The van der Waals surface area contributed by atoms with Crippen molar-refractivity contribution in [3.8, 4) is 0 Å². The van der Waals surface area contributed by atoms with Gasteiger partial charge in [0.25, 0.3) is 0 Å². The van der Waals surface area contributed by atoms with Gasteiger partial charge in [0.05, 0.1) is 4.90 Å². The summed E-state index contributed by atoms with van der Waals surface area (Å²) in [5, 5.41) is 13.8. The SMILES string of the molecule is CC(C)=CC(CC(C)(C)c1ccc(Cl)cc1)N1CCC(CCO)CC1.CC(C)=CC(CC(C)(C)c1ccc(S(C)(=O)=O)cc1)N1CCC(c2ccncc2)CC1.CCC(C)CCNC(C=C(C)C)CC(C)(C)c1ccc(C)cc1. The van der Waals surface area contributed by atoms with Crippen molar-refractivity contribution in [1.82, 2.24) is 20.1 Å². The van der Waals surface area contributed by atoms with Gasteiger partial charge in [-0.2, -0.15) is 0 Å². The van der Waals surface area contributed by atoms with Gasteiger partial charge >= 0.3 is 0 Å². The first-order valence-corrected chi connectivity index (χ1v) is 32.2. The average molecular weight is 1120 g/mol. The molecule has 0 saturated carbocycles. The van der Waals surface area contributed by atoms with Crippen LogP contribution in [-0.2, 0) is 26.1 Å². The molecule has 2 saturated heterocycles. The van der Waals surface area contributed by atoms with Crippen molar-refractivity contribution in [2.24, 2.45) is 11.8 Å². The summed E-state index contributed by atoms with van der Waals surface area (Å²) in [6, 6.07) is 30.3. The zero-order valence-electron chi connectivity index (χ0n) is 52.1. The first-order chi connectivity index (χ1) is 37.1. The van der Waals surface area contributed by atoms with Gasteiger partial charge < -0.3 is 10.4 Å². The minimum Gasteiger partial charge on any atom is -0.396 e. The number of aromatic nitrogens is 1. The molecule has 7 nitrogen and oxygen atoms in total. The van der Waals surface area contributed by atoms with E-state index in [0.29, 0.717) is 41.5 Å². The van der Waals surface area contributed by atoms with Gasteiger partial charge in [0.15, 0.2) is 9.84 Å². The molecule has 0 amide bonds. The van der Waals surface area contributed by atoms with Gasteiger partial charge in [-0.15, -0.1) is 0 Å². The smallest absolute Gasteiger partial charge is 0.175 e. The number of likely N-dealkylation sites (tertiary alicyclic amines) is 2. The Balaban J connectivity index is 0.000000259. The van der Waals surface area contributed by atoms with E-state index in [9.17, 15) is 13.5 Å². The maximum atomic E-state index is 11.8. The summed E-state index contributed by atoms with van der Waals surface area (Å²) in [6.07, 6.45) is 23.7. The molecule has 9 heteroatoms. The summed E-state index contributed by atoms with van der Waals surface area (Å²) in [6.45, 7) is 39.7. The molecule has 0 spiro atoms. The highest BCUT2D eigenvalue weighted by atomic mass is 35.5. The van der Waals surface area contributed by atoms with E-state index in [2.05, 4.69) is 191 Å². The Morgan fingerprint density at radius 2 is 1.10 bits per heavy atom. The second kappa shape index (κ2) is 32.1. The lowest BCUT2D eigenvalue weighted by Crippen LogP contribution is -2.43. The van der Waals surface area contributed by atoms with Gasteiger partial charge in [-0.3, -0.25) is 14.8 Å². The number of piperidine rings is 2. The van der Waals surface area contributed by atoms with Crippen LogP contribution in [-0.4, -0.2) is 92.0 Å². The highest BCUT2D eigenvalue weighted by Crippen LogP contribution is 2.37. The summed E-state index contributed by atoms with van der Waals surface area (Å²) < 4.78 is 23.6. The number of halogens is 1. The van der Waals surface area contributed by atoms with Crippen LogP contribution in [0.1, 0.15) is 195 Å². The van der Waals surface area contributed by atoms with Crippen LogP contribution in [0.3, 0.4) is 0 Å². The molecule has 3 heterocycles. The monoisotopic (exact) mass is 1120 g/mol. The molecule has 3 aromatic carbocycles. The standard InChI is InChI=1S/C26H36N2O2S.C22H34ClNO.C22H37N/c1-20(2)18-24(28-16-12-22(13-17-28)21-10-14-27-15-11-21)19-26(3,4)23-6-8-25(9-7-23)31(5,29)30;1-17(2)15-21(24-12-9-18(10-13-24)11-14-25)16-22(3,4)19-5-7-20(23)8-6-19;1-8-18(4)13-14-23-21(15-17(2)3)16-22(6,7)20-11-9-19(5)10-12-20/h6-11,14-15,18,22,24H,12-13,16-17,19H2,1-5H3;5-8,15,18,21,25H,9-14,16H2,1-4H3;9-12,15,18,21,23H,8,13-14,16H2,1-7H3. The average Bonchev–Trinajstić information content (AvgIpc) is 3.40. The first-order valence-electron chi connectivity index (χ1n) is 29.9. The van der Waals surface area contributed by atoms with E-state index in [-0.39, 0.29) is 16.2 Å². The van der Waals surface area contributed by atoms with Crippen LogP contribution in [0.5, 0.6) is 0 Å². The summed E-state index contributed by atoms with van der Waals surface area (Å²) >= 11 is 6.06. The molecule has 4 atom stereocenters. The Morgan fingerprint density at radius 1 is 0.671 bits per heavy atom. The molecule has 0 aliphatic carbocycles. The Kier molecular flexibility index (Phi) is 27.5. The van der Waals surface area contributed by atoms with E-state index < -0.39 is 9.84 Å². The van der Waals surface area contributed by atoms with E-state index >= 15 is 0 Å². The number of aliphatic hydroxyl groups is 1. The summed E-state index contributed by atoms with van der Waals surface area (Å²) in [5.74, 6) is 2.11. The molecule has 79 heavy (non-hydrogen) atoms. The van der Waals surface area contributed by atoms with E-state index in [1.807, 2.05) is 36.7 Å². The second-order valence-corrected chi connectivity index (χ2v) is 28.7. The fourth-order valence-electron chi connectivity index (χ4n) is 11.6. The van der Waals surface area contributed by atoms with E-state index in [1.54, 1.807) is 12.1 Å². The van der Waals surface area contributed by atoms with Gasteiger partial charge in [0.1, 0.15) is 0 Å². The van der Waals surface area contributed by atoms with Crippen molar-refractivity contribution in [3.05, 3.63) is 165 Å². The van der Waals surface area contributed by atoms with Gasteiger partial charge in [0.2, 0.25) is 0 Å². The topological polar surface area (TPSA) is 85.8 Å². The molecule has 0 bridgehead atoms. The molecule has 4 aromatic rings. The van der Waals surface area contributed by atoms with Crippen molar-refractivity contribution >= 4 is 21.4 Å². The molecule has 438 valence electrons. The van der Waals surface area contributed by atoms with Crippen LogP contribution < -0.4 is 5.32 Å². The van der Waals surface area contributed by atoms with E-state index in [1.165, 1.54) is 89.3 Å². The number of nitrogens with one attached hydrogen (secondary N) is 1. The number of hydrogen-bond acceptors (Lipinski definition) is 7. The zero-order chi connectivity index (χ0) is 58.6. The number of pyridine rings is 1. The summed E-state index contributed by atoms with van der Waals surface area (Å²) in [5.41, 5.74) is 11.0. The van der Waals surface area contributed by atoms with Crippen molar-refractivity contribution in [2.45, 2.75) is 213 Å². The lowest BCUT2D eigenvalue weighted by molar-refractivity contribution is 0.122. The molecule has 1 aromatic heterocycles. The highest BCUT2D eigenvalue weighted by Gasteiger charge is 2.33. The molecule has 4 unspecified atom stereocenters. The normalized spacial score (nSPS) is 16.7. The number of benzene rings is 3. The second-order valence-electron chi connectivity index (χ2n) is 26.2. The minimum absolute atomic E-state index is 0.0609. The molecule has 6 rings (SSSR count). The molecular weight excluding hydrogens is 1010 g/mol. The number of rotatable bonds is 23. The van der Waals surface area contributed by atoms with Gasteiger partial charge in [-0.25, -0.2) is 8.42 Å². The van der Waals surface area contributed by atoms with Crippen LogP contribution in [0.15, 0.2) is 137 Å². The van der Waals surface area contributed by atoms with Crippen molar-refractivity contribution < 1.29 is 13.5 Å². The number of nitrogens with zero attached hydrogens (tertiary/aromatic N) is 3. The number of hydrogen-bond donors (Lipinski definition) is 2. The third-order valence-electron chi connectivity index (χ3n) is 16.8. The van der Waals surface area contributed by atoms with Crippen molar-refractivity contribution in [3.63, 3.8) is 0 Å². The molecule has 2 N–H and O–H groups in total. The predicted octanol–water partition coefficient (Wildman–Crippen LogP) is 16.8. The largest absolute Gasteiger partial charge is 0.396 e. The molecule has 2 aliphatic heterocycles. The van der Waals surface area contributed by atoms with Crippen LogP contribution in [0.25, 0.3) is 0 Å². The third-order valence-corrected chi connectivity index (χ3v) is 18.2. The molecular formula is C70H107ClN4O3S. The van der Waals surface area contributed by atoms with Crippen LogP contribution >= 0.6 is 11.6 Å². The number of allylic oxidation sites excluding steroid dienone is 3. The van der Waals surface area contributed by atoms with E-state index in [4.69, 9.17) is 11.6 Å². The Hall–Kier alpha value is -3.89. The van der Waals surface area contributed by atoms with Crippen LogP contribution in [0.4, 0.5) is 0 Å².